The van der Waals surface area contributed by atoms with E-state index in [-0.39, 0.29) is 23.6 Å². The molecule has 0 unspecified atom stereocenters. The van der Waals surface area contributed by atoms with E-state index in [0.717, 1.165) is 19.2 Å². The molecule has 1 saturated heterocycles. The minimum atomic E-state index is -1.61. The monoisotopic (exact) mass is 378 g/mol. The van der Waals surface area contributed by atoms with Gasteiger partial charge in [0, 0.05) is 33.2 Å². The zero-order valence-corrected chi connectivity index (χ0v) is 14.9. The number of rotatable bonds is 2. The second-order valence-corrected chi connectivity index (χ2v) is 6.69. The first-order valence-corrected chi connectivity index (χ1v) is 8.47. The van der Waals surface area contributed by atoms with Crippen molar-refractivity contribution in [3.8, 4) is 11.5 Å². The Hall–Kier alpha value is -3.01. The molecule has 0 bridgehead atoms. The van der Waals surface area contributed by atoms with E-state index in [2.05, 4.69) is 9.64 Å². The van der Waals surface area contributed by atoms with E-state index in [1.807, 2.05) is 11.9 Å². The molecule has 2 aromatic rings. The van der Waals surface area contributed by atoms with Crippen LogP contribution in [0.1, 0.15) is 0 Å². The van der Waals surface area contributed by atoms with Gasteiger partial charge in [-0.25, -0.2) is 9.18 Å². The van der Waals surface area contributed by atoms with Crippen LogP contribution in [0.2, 0.25) is 0 Å². The molecule has 4 rings (SSSR count). The number of anilines is 1. The highest BCUT2D eigenvalue weighted by atomic mass is 19.1. The Morgan fingerprint density at radius 1 is 1.26 bits per heavy atom. The Morgan fingerprint density at radius 3 is 2.63 bits per heavy atom. The second-order valence-electron chi connectivity index (χ2n) is 6.69. The summed E-state index contributed by atoms with van der Waals surface area (Å²) < 4.78 is 27.0. The van der Waals surface area contributed by atoms with Gasteiger partial charge in [0.15, 0.2) is 18.3 Å². The summed E-state index contributed by atoms with van der Waals surface area (Å²) in [6, 6.07) is 1.13. The number of benzene rings is 1. The van der Waals surface area contributed by atoms with Crippen LogP contribution in [-0.4, -0.2) is 67.8 Å². The molecule has 0 spiro atoms. The fourth-order valence-electron chi connectivity index (χ4n) is 3.49. The third-order valence-electron chi connectivity index (χ3n) is 4.90. The molecule has 144 valence electrons. The molecule has 0 aliphatic carbocycles. The van der Waals surface area contributed by atoms with Crippen LogP contribution in [-0.2, 0) is 0 Å². The van der Waals surface area contributed by atoms with Crippen molar-refractivity contribution < 1.29 is 23.8 Å². The van der Waals surface area contributed by atoms with Gasteiger partial charge in [0.1, 0.15) is 11.2 Å². The zero-order valence-electron chi connectivity index (χ0n) is 14.9. The quantitative estimate of drug-likeness (QED) is 0.771. The van der Waals surface area contributed by atoms with Gasteiger partial charge in [0.05, 0.1) is 11.6 Å². The van der Waals surface area contributed by atoms with E-state index in [1.165, 1.54) is 6.20 Å². The maximum atomic E-state index is 15.0. The van der Waals surface area contributed by atoms with Gasteiger partial charge in [-0.05, 0) is 13.1 Å². The smallest absolute Gasteiger partial charge is 0.467 e. The fraction of sp³-hybridized carbons (Fsp3) is 0.412. The number of pyridine rings is 1. The van der Waals surface area contributed by atoms with Gasteiger partial charge in [0.25, 0.3) is 0 Å². The van der Waals surface area contributed by atoms with E-state index < -0.39 is 17.4 Å². The van der Waals surface area contributed by atoms with E-state index in [1.54, 1.807) is 16.7 Å². The van der Waals surface area contributed by atoms with Gasteiger partial charge in [-0.3, -0.25) is 14.5 Å². The van der Waals surface area contributed by atoms with Crippen LogP contribution in [0.3, 0.4) is 0 Å². The average Bonchev–Trinajstić information content (AvgIpc) is 2.62. The number of halogens is 1. The molecule has 3 heterocycles. The second kappa shape index (κ2) is 6.31. The summed E-state index contributed by atoms with van der Waals surface area (Å²) in [5.74, 6) is -0.684. The van der Waals surface area contributed by atoms with Crippen LogP contribution < -0.4 is 24.8 Å². The lowest BCUT2D eigenvalue weighted by Gasteiger charge is -2.37. The normalized spacial score (nSPS) is 17.1. The standard InChI is InChI=1S/C17H19FN4O5/c1-19-3-5-21(6-4-19)14-11(18)7-10-13-16(14)26-9-20(2)22(13)8-12(15(10)23)27-17(24)25/h7-8H,3-6,9H2,1-2H3,(H,24,25). The minimum absolute atomic E-state index is 0.00526. The van der Waals surface area contributed by atoms with Gasteiger partial charge in [0.2, 0.25) is 11.2 Å². The van der Waals surface area contributed by atoms with E-state index in [9.17, 15) is 9.59 Å². The topological polar surface area (TPSA) is 87.5 Å². The van der Waals surface area contributed by atoms with E-state index >= 15 is 4.39 Å². The van der Waals surface area contributed by atoms with Crippen LogP contribution in [0, 0.1) is 5.82 Å². The Balaban J connectivity index is 1.96. The van der Waals surface area contributed by atoms with Crippen LogP contribution >= 0.6 is 0 Å². The van der Waals surface area contributed by atoms with Crippen LogP contribution in [0.25, 0.3) is 10.9 Å². The first-order valence-electron chi connectivity index (χ1n) is 8.47. The molecular formula is C17H19FN4O5. The number of carbonyl (C=O) groups is 1. The van der Waals surface area contributed by atoms with Crippen molar-refractivity contribution in [2.75, 3.05) is 56.9 Å². The van der Waals surface area contributed by atoms with Gasteiger partial charge >= 0.3 is 6.16 Å². The molecule has 1 aromatic heterocycles. The molecule has 10 heteroatoms. The van der Waals surface area contributed by atoms with Crippen molar-refractivity contribution in [3.63, 3.8) is 0 Å². The summed E-state index contributed by atoms with van der Waals surface area (Å²) >= 11 is 0. The van der Waals surface area contributed by atoms with Gasteiger partial charge in [-0.15, -0.1) is 0 Å². The number of hydrogen-bond donors (Lipinski definition) is 1. The molecule has 2 aliphatic rings. The largest absolute Gasteiger partial charge is 0.511 e. The van der Waals surface area contributed by atoms with Gasteiger partial charge < -0.3 is 24.4 Å². The van der Waals surface area contributed by atoms with E-state index in [0.29, 0.717) is 24.3 Å². The van der Waals surface area contributed by atoms with Crippen molar-refractivity contribution >= 4 is 22.7 Å². The highest BCUT2D eigenvalue weighted by Crippen LogP contribution is 2.40. The molecule has 0 saturated carbocycles. The van der Waals surface area contributed by atoms with Gasteiger partial charge in [-0.2, -0.15) is 0 Å². The lowest BCUT2D eigenvalue weighted by molar-refractivity contribution is 0.143. The summed E-state index contributed by atoms with van der Waals surface area (Å²) in [6.07, 6.45) is -0.320. The van der Waals surface area contributed by atoms with Crippen molar-refractivity contribution in [1.82, 2.24) is 9.58 Å². The highest BCUT2D eigenvalue weighted by molar-refractivity contribution is 5.93. The highest BCUT2D eigenvalue weighted by Gasteiger charge is 2.30. The van der Waals surface area contributed by atoms with Crippen molar-refractivity contribution in [2.45, 2.75) is 0 Å². The third-order valence-corrected chi connectivity index (χ3v) is 4.90. The third kappa shape index (κ3) is 2.81. The van der Waals surface area contributed by atoms with Crippen LogP contribution in [0.15, 0.2) is 17.1 Å². The number of likely N-dealkylation sites (N-methyl/N-ethyl adjacent to an activating group) is 1. The molecule has 0 amide bonds. The molecule has 0 radical (unpaired) electrons. The Morgan fingerprint density at radius 2 is 1.96 bits per heavy atom. The first kappa shape index (κ1) is 17.4. The first-order chi connectivity index (χ1) is 12.9. The summed E-state index contributed by atoms with van der Waals surface area (Å²) in [5, 5.41) is 10.5. The number of piperazine rings is 1. The summed E-state index contributed by atoms with van der Waals surface area (Å²) in [5.41, 5.74) is 0.0122. The van der Waals surface area contributed by atoms with Crippen LogP contribution in [0.5, 0.6) is 11.5 Å². The zero-order chi connectivity index (χ0) is 19.3. The predicted octanol–water partition coefficient (Wildman–Crippen LogP) is 0.867. The van der Waals surface area contributed by atoms with E-state index in [4.69, 9.17) is 9.84 Å². The summed E-state index contributed by atoms with van der Waals surface area (Å²) in [7, 11) is 3.71. The summed E-state index contributed by atoms with van der Waals surface area (Å²) in [4.78, 5) is 27.6. The number of nitrogens with zero attached hydrogens (tertiary/aromatic N) is 4. The Bertz CT molecular complexity index is 984. The van der Waals surface area contributed by atoms with Crippen molar-refractivity contribution in [2.24, 2.45) is 0 Å². The number of ether oxygens (including phenoxy) is 2. The van der Waals surface area contributed by atoms with Gasteiger partial charge in [-0.1, -0.05) is 0 Å². The fourth-order valence-corrected chi connectivity index (χ4v) is 3.49. The maximum absolute atomic E-state index is 15.0. The lowest BCUT2D eigenvalue weighted by Crippen LogP contribution is -2.45. The summed E-state index contributed by atoms with van der Waals surface area (Å²) in [6.45, 7) is 2.96. The molecule has 1 N–H and O–H groups in total. The van der Waals surface area contributed by atoms with Crippen molar-refractivity contribution in [1.29, 1.82) is 0 Å². The number of hydrogen-bond acceptors (Lipinski definition) is 7. The van der Waals surface area contributed by atoms with Crippen molar-refractivity contribution in [3.05, 3.63) is 28.3 Å². The minimum Gasteiger partial charge on any atom is -0.467 e. The lowest BCUT2D eigenvalue weighted by atomic mass is 10.1. The molecule has 9 nitrogen and oxygen atoms in total. The Labute approximate surface area is 153 Å². The predicted molar refractivity (Wildman–Crippen MR) is 96.2 cm³/mol. The molecule has 2 aliphatic heterocycles. The molecule has 0 atom stereocenters. The molecule has 1 fully saturated rings. The molecule has 27 heavy (non-hydrogen) atoms. The SMILES string of the molecule is CN1CCN(c2c(F)cc3c(=O)c(OC(=O)O)cn4c3c2OCN4C)CC1. The Kier molecular flexibility index (Phi) is 4.06. The number of carboxylic acid groups (broad SMARTS) is 1. The average molecular weight is 378 g/mol. The number of aromatic nitrogens is 1. The molecule has 1 aromatic carbocycles. The maximum Gasteiger partial charge on any atom is 0.511 e. The molecular weight excluding hydrogens is 359 g/mol. The van der Waals surface area contributed by atoms with Crippen LogP contribution in [0.4, 0.5) is 14.9 Å².